The highest BCUT2D eigenvalue weighted by Gasteiger charge is 2.22. The Labute approximate surface area is 174 Å². The number of aryl methyl sites for hydroxylation is 1. The van der Waals surface area contributed by atoms with Crippen molar-refractivity contribution in [3.8, 4) is 11.5 Å². The summed E-state index contributed by atoms with van der Waals surface area (Å²) in [4.78, 5) is 25.6. The Bertz CT molecular complexity index is 1040. The number of carbonyl (C=O) groups is 1. The molecule has 1 saturated heterocycles. The molecule has 0 spiro atoms. The van der Waals surface area contributed by atoms with Crippen LogP contribution in [0.1, 0.15) is 0 Å². The van der Waals surface area contributed by atoms with Crippen LogP contribution in [0, 0.1) is 0 Å². The van der Waals surface area contributed by atoms with Crippen LogP contribution in [0.2, 0.25) is 0 Å². The van der Waals surface area contributed by atoms with Gasteiger partial charge in [0.1, 0.15) is 12.1 Å². The number of methoxy groups -OCH3 is 2. The summed E-state index contributed by atoms with van der Waals surface area (Å²) in [5, 5.41) is 8.14. The first kappa shape index (κ1) is 19.9. The average Bonchev–Trinajstić information content (AvgIpc) is 3.15. The molecule has 0 bridgehead atoms. The molecule has 1 aliphatic rings. The van der Waals surface area contributed by atoms with E-state index in [1.54, 1.807) is 49.6 Å². The number of anilines is 2. The molecule has 1 aliphatic heterocycles. The van der Waals surface area contributed by atoms with E-state index < -0.39 is 0 Å². The number of aromatic nitrogens is 4. The van der Waals surface area contributed by atoms with Gasteiger partial charge >= 0.3 is 0 Å². The van der Waals surface area contributed by atoms with Crippen LogP contribution in [0.25, 0.3) is 11.0 Å². The summed E-state index contributed by atoms with van der Waals surface area (Å²) in [5.74, 6) is 2.03. The van der Waals surface area contributed by atoms with Crippen molar-refractivity contribution in [2.75, 3.05) is 57.2 Å². The molecule has 0 radical (unpaired) electrons. The van der Waals surface area contributed by atoms with Gasteiger partial charge in [0.05, 0.1) is 32.3 Å². The number of carbonyl (C=O) groups excluding carboxylic acids is 1. The first-order valence-electron chi connectivity index (χ1n) is 9.71. The Kier molecular flexibility index (Phi) is 5.66. The van der Waals surface area contributed by atoms with E-state index in [2.05, 4.69) is 30.2 Å². The molecule has 158 valence electrons. The van der Waals surface area contributed by atoms with Crippen molar-refractivity contribution in [1.29, 1.82) is 0 Å². The number of fused-ring (bicyclic) bond motifs is 1. The van der Waals surface area contributed by atoms with Crippen molar-refractivity contribution in [1.82, 2.24) is 24.6 Å². The van der Waals surface area contributed by atoms with Crippen LogP contribution in [0.5, 0.6) is 11.5 Å². The van der Waals surface area contributed by atoms with Crippen LogP contribution in [0.15, 0.2) is 30.7 Å². The minimum atomic E-state index is -0.0626. The third kappa shape index (κ3) is 3.99. The summed E-state index contributed by atoms with van der Waals surface area (Å²) < 4.78 is 12.3. The van der Waals surface area contributed by atoms with E-state index >= 15 is 0 Å². The normalized spacial score (nSPS) is 14.7. The number of hydrogen-bond donors (Lipinski definition) is 1. The van der Waals surface area contributed by atoms with E-state index in [-0.39, 0.29) is 5.91 Å². The van der Waals surface area contributed by atoms with E-state index in [1.165, 1.54) is 0 Å². The highest BCUT2D eigenvalue weighted by Crippen LogP contribution is 2.29. The van der Waals surface area contributed by atoms with Crippen LogP contribution in [-0.4, -0.2) is 77.5 Å². The lowest BCUT2D eigenvalue weighted by Crippen LogP contribution is -2.49. The third-order valence-corrected chi connectivity index (χ3v) is 5.21. The summed E-state index contributed by atoms with van der Waals surface area (Å²) in [6.45, 7) is 3.43. The molecule has 3 aromatic rings. The monoisotopic (exact) mass is 411 g/mol. The summed E-state index contributed by atoms with van der Waals surface area (Å²) in [5.41, 5.74) is 1.49. The van der Waals surface area contributed by atoms with Crippen LogP contribution >= 0.6 is 0 Å². The van der Waals surface area contributed by atoms with E-state index in [9.17, 15) is 4.79 Å². The lowest BCUT2D eigenvalue weighted by atomic mass is 10.2. The molecular weight excluding hydrogens is 386 g/mol. The minimum Gasteiger partial charge on any atom is -0.493 e. The number of nitrogens with one attached hydrogen (secondary N) is 1. The number of piperazine rings is 1. The molecule has 10 nitrogen and oxygen atoms in total. The number of hydrogen-bond acceptors (Lipinski definition) is 8. The van der Waals surface area contributed by atoms with Gasteiger partial charge in [-0.3, -0.25) is 14.4 Å². The summed E-state index contributed by atoms with van der Waals surface area (Å²) in [6, 6.07) is 5.32. The molecule has 0 aliphatic carbocycles. The average molecular weight is 411 g/mol. The molecule has 2 aromatic heterocycles. The van der Waals surface area contributed by atoms with Crippen molar-refractivity contribution in [3.63, 3.8) is 0 Å². The number of nitrogens with zero attached hydrogens (tertiary/aromatic N) is 6. The quantitative estimate of drug-likeness (QED) is 0.645. The zero-order chi connectivity index (χ0) is 21.1. The third-order valence-electron chi connectivity index (χ3n) is 5.21. The van der Waals surface area contributed by atoms with E-state index in [1.807, 2.05) is 7.05 Å². The fraction of sp³-hybridized carbons (Fsp3) is 0.400. The maximum Gasteiger partial charge on any atom is 0.238 e. The first-order chi connectivity index (χ1) is 14.6. The van der Waals surface area contributed by atoms with Crippen LogP contribution < -0.4 is 19.7 Å². The van der Waals surface area contributed by atoms with Gasteiger partial charge in [0.2, 0.25) is 5.91 Å². The molecule has 4 rings (SSSR count). The van der Waals surface area contributed by atoms with Crippen LogP contribution in [0.3, 0.4) is 0 Å². The Morgan fingerprint density at radius 1 is 1.10 bits per heavy atom. The smallest absolute Gasteiger partial charge is 0.238 e. The largest absolute Gasteiger partial charge is 0.493 e. The van der Waals surface area contributed by atoms with Crippen molar-refractivity contribution in [2.24, 2.45) is 7.05 Å². The first-order valence-corrected chi connectivity index (χ1v) is 9.71. The van der Waals surface area contributed by atoms with Gasteiger partial charge in [-0.25, -0.2) is 9.97 Å². The molecule has 30 heavy (non-hydrogen) atoms. The maximum absolute atomic E-state index is 12.5. The zero-order valence-electron chi connectivity index (χ0n) is 17.3. The second-order valence-electron chi connectivity index (χ2n) is 7.08. The standard InChI is InChI=1S/C20H25N7O3/c1-25-19-15(11-23-25)20(22-13-21-19)27-8-6-26(7-9-27)12-18(28)24-14-4-5-16(29-2)17(10-14)30-3/h4-5,10-11,13H,6-9,12H2,1-3H3,(H,24,28). The van der Waals surface area contributed by atoms with Gasteiger partial charge in [-0.05, 0) is 12.1 Å². The SMILES string of the molecule is COc1ccc(NC(=O)CN2CCN(c3ncnc4c3cnn4C)CC2)cc1OC. The molecule has 1 amide bonds. The summed E-state index contributed by atoms with van der Waals surface area (Å²) in [6.07, 6.45) is 3.37. The minimum absolute atomic E-state index is 0.0626. The molecule has 10 heteroatoms. The molecule has 1 aromatic carbocycles. The van der Waals surface area contributed by atoms with Crippen molar-refractivity contribution in [3.05, 3.63) is 30.7 Å². The number of ether oxygens (including phenoxy) is 2. The predicted octanol–water partition coefficient (Wildman–Crippen LogP) is 1.14. The van der Waals surface area contributed by atoms with Gasteiger partial charge in [-0.15, -0.1) is 0 Å². The molecule has 0 unspecified atom stereocenters. The van der Waals surface area contributed by atoms with Gasteiger partial charge < -0.3 is 19.7 Å². The highest BCUT2D eigenvalue weighted by molar-refractivity contribution is 5.92. The van der Waals surface area contributed by atoms with Crippen molar-refractivity contribution in [2.45, 2.75) is 0 Å². The lowest BCUT2D eigenvalue weighted by Gasteiger charge is -2.35. The Hall–Kier alpha value is -3.40. The van der Waals surface area contributed by atoms with E-state index in [0.29, 0.717) is 23.7 Å². The predicted molar refractivity (Wildman–Crippen MR) is 113 cm³/mol. The molecule has 3 heterocycles. The van der Waals surface area contributed by atoms with Gasteiger partial charge in [-0.2, -0.15) is 5.10 Å². The second kappa shape index (κ2) is 8.54. The Morgan fingerprint density at radius 3 is 2.60 bits per heavy atom. The molecule has 0 saturated carbocycles. The Morgan fingerprint density at radius 2 is 1.87 bits per heavy atom. The topological polar surface area (TPSA) is 97.6 Å². The zero-order valence-corrected chi connectivity index (χ0v) is 17.3. The van der Waals surface area contributed by atoms with E-state index in [4.69, 9.17) is 9.47 Å². The maximum atomic E-state index is 12.5. The number of benzene rings is 1. The van der Waals surface area contributed by atoms with Gasteiger partial charge in [0.15, 0.2) is 17.1 Å². The molecule has 0 atom stereocenters. The summed E-state index contributed by atoms with van der Waals surface area (Å²) >= 11 is 0. The van der Waals surface area contributed by atoms with Gasteiger partial charge in [-0.1, -0.05) is 0 Å². The molecule has 1 fully saturated rings. The van der Waals surface area contributed by atoms with Crippen LogP contribution in [-0.2, 0) is 11.8 Å². The lowest BCUT2D eigenvalue weighted by molar-refractivity contribution is -0.117. The van der Waals surface area contributed by atoms with Crippen molar-refractivity contribution >= 4 is 28.4 Å². The number of amides is 1. The fourth-order valence-electron chi connectivity index (χ4n) is 3.64. The Balaban J connectivity index is 1.34. The van der Waals surface area contributed by atoms with Gasteiger partial charge in [0.25, 0.3) is 0 Å². The second-order valence-corrected chi connectivity index (χ2v) is 7.08. The van der Waals surface area contributed by atoms with Crippen LogP contribution in [0.4, 0.5) is 11.5 Å². The number of rotatable bonds is 6. The highest BCUT2D eigenvalue weighted by atomic mass is 16.5. The summed E-state index contributed by atoms with van der Waals surface area (Å²) in [7, 11) is 5.02. The van der Waals surface area contributed by atoms with Gasteiger partial charge in [0, 0.05) is 45.0 Å². The molecular formula is C20H25N7O3. The van der Waals surface area contributed by atoms with E-state index in [0.717, 1.165) is 43.0 Å². The fourth-order valence-corrected chi connectivity index (χ4v) is 3.64. The molecule has 1 N–H and O–H groups in total. The van der Waals surface area contributed by atoms with Crippen molar-refractivity contribution < 1.29 is 14.3 Å².